The number of benzene rings is 2. The van der Waals surface area contributed by atoms with Crippen molar-refractivity contribution in [3.63, 3.8) is 0 Å². The molecule has 3 heteroatoms. The standard InChI is InChI=1S/C21H26N2O/c1-21(2,14-22)23-20(24)9-5-6-15-10-11-17-13-16-7-3-4-8-18(16)19(17)12-15/h3-4,7-8,10-12H,5-6,9,13-14,22H2,1-2H3,(H,23,24). The second kappa shape index (κ2) is 6.78. The molecule has 24 heavy (non-hydrogen) atoms. The zero-order valence-corrected chi connectivity index (χ0v) is 14.6. The van der Waals surface area contributed by atoms with Crippen LogP contribution in [0.5, 0.6) is 0 Å². The van der Waals surface area contributed by atoms with E-state index in [4.69, 9.17) is 5.73 Å². The number of fused-ring (bicyclic) bond motifs is 3. The summed E-state index contributed by atoms with van der Waals surface area (Å²) in [7, 11) is 0. The van der Waals surface area contributed by atoms with Gasteiger partial charge in [0.2, 0.25) is 5.91 Å². The van der Waals surface area contributed by atoms with Gasteiger partial charge in [0.1, 0.15) is 0 Å². The van der Waals surface area contributed by atoms with Crippen molar-refractivity contribution in [3.8, 4) is 11.1 Å². The summed E-state index contributed by atoms with van der Waals surface area (Å²) in [5.74, 6) is 0.0805. The first-order valence-electron chi connectivity index (χ1n) is 8.70. The lowest BCUT2D eigenvalue weighted by Gasteiger charge is -2.24. The molecule has 126 valence electrons. The number of aryl methyl sites for hydroxylation is 1. The molecule has 0 aliphatic heterocycles. The Kier molecular flexibility index (Phi) is 4.72. The van der Waals surface area contributed by atoms with Crippen LogP contribution in [0.25, 0.3) is 11.1 Å². The van der Waals surface area contributed by atoms with E-state index in [0.717, 1.165) is 19.3 Å². The Morgan fingerprint density at radius 2 is 1.88 bits per heavy atom. The fourth-order valence-corrected chi connectivity index (χ4v) is 3.27. The molecule has 0 aromatic heterocycles. The second-order valence-electron chi connectivity index (χ2n) is 7.32. The van der Waals surface area contributed by atoms with E-state index >= 15 is 0 Å². The minimum atomic E-state index is -0.325. The first kappa shape index (κ1) is 16.7. The summed E-state index contributed by atoms with van der Waals surface area (Å²) in [6.45, 7) is 4.34. The van der Waals surface area contributed by atoms with Crippen LogP contribution in [-0.4, -0.2) is 18.0 Å². The Hall–Kier alpha value is -2.13. The molecule has 3 rings (SSSR count). The minimum Gasteiger partial charge on any atom is -0.350 e. The fourth-order valence-electron chi connectivity index (χ4n) is 3.27. The predicted octanol–water partition coefficient (Wildman–Crippen LogP) is 3.43. The monoisotopic (exact) mass is 322 g/mol. The maximum atomic E-state index is 12.0. The molecule has 3 N–H and O–H groups in total. The third kappa shape index (κ3) is 3.68. The highest BCUT2D eigenvalue weighted by Crippen LogP contribution is 2.36. The average molecular weight is 322 g/mol. The van der Waals surface area contributed by atoms with E-state index in [-0.39, 0.29) is 11.4 Å². The van der Waals surface area contributed by atoms with Crippen LogP contribution < -0.4 is 11.1 Å². The van der Waals surface area contributed by atoms with Gasteiger partial charge in [0.25, 0.3) is 0 Å². The summed E-state index contributed by atoms with van der Waals surface area (Å²) in [5, 5.41) is 2.98. The zero-order chi connectivity index (χ0) is 17.2. The molecule has 0 saturated heterocycles. The van der Waals surface area contributed by atoms with E-state index in [1.165, 1.54) is 27.8 Å². The number of hydrogen-bond acceptors (Lipinski definition) is 2. The van der Waals surface area contributed by atoms with Crippen LogP contribution >= 0.6 is 0 Å². The molecule has 1 aliphatic rings. The van der Waals surface area contributed by atoms with E-state index < -0.39 is 0 Å². The number of carbonyl (C=O) groups excluding carboxylic acids is 1. The first-order chi connectivity index (χ1) is 11.5. The Morgan fingerprint density at radius 1 is 1.12 bits per heavy atom. The summed E-state index contributed by atoms with van der Waals surface area (Å²) in [6, 6.07) is 15.3. The summed E-state index contributed by atoms with van der Waals surface area (Å²) in [6.07, 6.45) is 3.35. The van der Waals surface area contributed by atoms with Crippen LogP contribution in [0.1, 0.15) is 43.4 Å². The normalized spacial score (nSPS) is 12.6. The predicted molar refractivity (Wildman–Crippen MR) is 98.9 cm³/mol. The molecule has 1 aliphatic carbocycles. The molecule has 2 aromatic carbocycles. The summed E-state index contributed by atoms with van der Waals surface area (Å²) >= 11 is 0. The van der Waals surface area contributed by atoms with Crippen molar-refractivity contribution in [1.82, 2.24) is 5.32 Å². The fraction of sp³-hybridized carbons (Fsp3) is 0.381. The Morgan fingerprint density at radius 3 is 2.67 bits per heavy atom. The van der Waals surface area contributed by atoms with Crippen molar-refractivity contribution in [3.05, 3.63) is 59.2 Å². The molecule has 0 spiro atoms. The van der Waals surface area contributed by atoms with Gasteiger partial charge in [-0.2, -0.15) is 0 Å². The number of carbonyl (C=O) groups is 1. The first-order valence-corrected chi connectivity index (χ1v) is 8.70. The average Bonchev–Trinajstić information content (AvgIpc) is 2.92. The van der Waals surface area contributed by atoms with E-state index in [1.54, 1.807) is 0 Å². The number of amides is 1. The van der Waals surface area contributed by atoms with Gasteiger partial charge in [-0.15, -0.1) is 0 Å². The van der Waals surface area contributed by atoms with Gasteiger partial charge in [0.05, 0.1) is 0 Å². The van der Waals surface area contributed by atoms with Crippen LogP contribution in [0, 0.1) is 0 Å². The lowest BCUT2D eigenvalue weighted by molar-refractivity contribution is -0.122. The molecule has 1 amide bonds. The van der Waals surface area contributed by atoms with E-state index in [1.807, 2.05) is 13.8 Å². The summed E-state index contributed by atoms with van der Waals surface area (Å²) in [4.78, 5) is 12.0. The van der Waals surface area contributed by atoms with Crippen LogP contribution in [0.2, 0.25) is 0 Å². The molecule has 2 aromatic rings. The van der Waals surface area contributed by atoms with Gasteiger partial charge < -0.3 is 11.1 Å². The molecular formula is C21H26N2O. The summed E-state index contributed by atoms with van der Waals surface area (Å²) < 4.78 is 0. The Bertz CT molecular complexity index is 749. The maximum absolute atomic E-state index is 12.0. The number of hydrogen-bond donors (Lipinski definition) is 2. The topological polar surface area (TPSA) is 55.1 Å². The smallest absolute Gasteiger partial charge is 0.220 e. The number of rotatable bonds is 6. The molecule has 0 heterocycles. The number of nitrogens with one attached hydrogen (secondary N) is 1. The van der Waals surface area contributed by atoms with Crippen LogP contribution in [0.4, 0.5) is 0 Å². The Balaban J connectivity index is 1.60. The molecule has 0 radical (unpaired) electrons. The highest BCUT2D eigenvalue weighted by atomic mass is 16.1. The maximum Gasteiger partial charge on any atom is 0.220 e. The molecule has 0 fully saturated rings. The lowest BCUT2D eigenvalue weighted by atomic mass is 9.99. The van der Waals surface area contributed by atoms with Gasteiger partial charge in [-0.25, -0.2) is 0 Å². The van der Waals surface area contributed by atoms with E-state index in [2.05, 4.69) is 47.8 Å². The van der Waals surface area contributed by atoms with Gasteiger partial charge in [-0.3, -0.25) is 4.79 Å². The SMILES string of the molecule is CC(C)(CN)NC(=O)CCCc1ccc2c(c1)-c1ccccc1C2. The Labute approximate surface area is 144 Å². The van der Waals surface area contributed by atoms with Crippen molar-refractivity contribution in [2.45, 2.75) is 45.1 Å². The van der Waals surface area contributed by atoms with Gasteiger partial charge in [0, 0.05) is 18.5 Å². The van der Waals surface area contributed by atoms with Crippen LogP contribution in [0.3, 0.4) is 0 Å². The second-order valence-corrected chi connectivity index (χ2v) is 7.32. The molecule has 3 nitrogen and oxygen atoms in total. The molecular weight excluding hydrogens is 296 g/mol. The van der Waals surface area contributed by atoms with Crippen LogP contribution in [0.15, 0.2) is 42.5 Å². The third-order valence-corrected chi connectivity index (χ3v) is 4.72. The van der Waals surface area contributed by atoms with Crippen molar-refractivity contribution >= 4 is 5.91 Å². The minimum absolute atomic E-state index is 0.0805. The highest BCUT2D eigenvalue weighted by Gasteiger charge is 2.19. The molecule has 0 atom stereocenters. The highest BCUT2D eigenvalue weighted by molar-refractivity contribution is 5.77. The molecule has 0 saturated carbocycles. The lowest BCUT2D eigenvalue weighted by Crippen LogP contribution is -2.48. The van der Waals surface area contributed by atoms with Crippen LogP contribution in [-0.2, 0) is 17.6 Å². The van der Waals surface area contributed by atoms with Crippen molar-refractivity contribution in [2.75, 3.05) is 6.54 Å². The van der Waals surface area contributed by atoms with Gasteiger partial charge in [-0.1, -0.05) is 42.5 Å². The van der Waals surface area contributed by atoms with E-state index in [0.29, 0.717) is 13.0 Å². The zero-order valence-electron chi connectivity index (χ0n) is 14.6. The quantitative estimate of drug-likeness (QED) is 0.730. The van der Waals surface area contributed by atoms with Crippen molar-refractivity contribution in [2.24, 2.45) is 5.73 Å². The van der Waals surface area contributed by atoms with Gasteiger partial charge in [-0.05, 0) is 60.9 Å². The van der Waals surface area contributed by atoms with Gasteiger partial charge in [0.15, 0.2) is 0 Å². The summed E-state index contributed by atoms with van der Waals surface area (Å²) in [5.41, 5.74) is 12.2. The third-order valence-electron chi connectivity index (χ3n) is 4.72. The van der Waals surface area contributed by atoms with Gasteiger partial charge >= 0.3 is 0 Å². The molecule has 0 unspecified atom stereocenters. The molecule has 0 bridgehead atoms. The van der Waals surface area contributed by atoms with E-state index in [9.17, 15) is 4.79 Å². The van der Waals surface area contributed by atoms with Crippen molar-refractivity contribution < 1.29 is 4.79 Å². The largest absolute Gasteiger partial charge is 0.350 e. The number of nitrogens with two attached hydrogens (primary N) is 1. The van der Waals surface area contributed by atoms with Crippen molar-refractivity contribution in [1.29, 1.82) is 0 Å².